The van der Waals surface area contributed by atoms with Crippen LogP contribution in [0.1, 0.15) is 0 Å². The molecular formula is C48H32N2. The molecule has 0 saturated heterocycles. The summed E-state index contributed by atoms with van der Waals surface area (Å²) in [6, 6.07) is 70.4. The smallest absolute Gasteiger partial charge is 0.0547 e. The van der Waals surface area contributed by atoms with Gasteiger partial charge in [-0.15, -0.1) is 0 Å². The summed E-state index contributed by atoms with van der Waals surface area (Å²) in [6.45, 7) is 0. The average molecular weight is 637 g/mol. The van der Waals surface area contributed by atoms with E-state index in [1.54, 1.807) is 0 Å². The number of fused-ring (bicyclic) bond motifs is 6. The predicted molar refractivity (Wildman–Crippen MR) is 211 cm³/mol. The monoisotopic (exact) mass is 636 g/mol. The van der Waals surface area contributed by atoms with Crippen LogP contribution in [0.15, 0.2) is 194 Å². The van der Waals surface area contributed by atoms with Crippen molar-refractivity contribution >= 4 is 43.6 Å². The minimum atomic E-state index is 1.15. The molecule has 0 bridgehead atoms. The summed E-state index contributed by atoms with van der Waals surface area (Å²) in [5.74, 6) is 0. The zero-order chi connectivity index (χ0) is 33.0. The topological polar surface area (TPSA) is 9.86 Å². The van der Waals surface area contributed by atoms with E-state index in [4.69, 9.17) is 0 Å². The number of benzene rings is 8. The fourth-order valence-corrected chi connectivity index (χ4v) is 7.95. The van der Waals surface area contributed by atoms with E-state index in [-0.39, 0.29) is 0 Å². The second-order valence-electron chi connectivity index (χ2n) is 12.9. The molecule has 0 aliphatic heterocycles. The molecule has 0 unspecified atom stereocenters. The van der Waals surface area contributed by atoms with Gasteiger partial charge in [-0.3, -0.25) is 0 Å². The lowest BCUT2D eigenvalue weighted by molar-refractivity contribution is 1.17. The van der Waals surface area contributed by atoms with E-state index in [1.165, 1.54) is 77.0 Å². The maximum absolute atomic E-state index is 2.45. The fourth-order valence-electron chi connectivity index (χ4n) is 7.95. The summed E-state index contributed by atoms with van der Waals surface area (Å²) >= 11 is 0. The van der Waals surface area contributed by atoms with Crippen molar-refractivity contribution in [1.82, 2.24) is 9.13 Å². The highest BCUT2D eigenvalue weighted by Crippen LogP contribution is 2.42. The summed E-state index contributed by atoms with van der Waals surface area (Å²) in [4.78, 5) is 0. The Kier molecular flexibility index (Phi) is 6.53. The van der Waals surface area contributed by atoms with Gasteiger partial charge in [-0.25, -0.2) is 0 Å². The van der Waals surface area contributed by atoms with Crippen LogP contribution in [-0.4, -0.2) is 9.13 Å². The lowest BCUT2D eigenvalue weighted by Crippen LogP contribution is -1.96. The maximum Gasteiger partial charge on any atom is 0.0547 e. The standard InChI is InChI=1S/C48H32N2/c1-4-15-33(16-5-1)36-21-12-22-37(31-36)49-44-30-29-38(32-42(44)48-40(25-14-28-46(48)49)35-19-8-3-9-20-35)50-43-26-11-10-23-41(43)47-39(24-13-27-45(47)50)34-17-6-2-7-18-34/h1-32H. The largest absolute Gasteiger partial charge is 0.309 e. The first-order valence-electron chi connectivity index (χ1n) is 17.2. The van der Waals surface area contributed by atoms with Crippen LogP contribution in [0.4, 0.5) is 0 Å². The zero-order valence-corrected chi connectivity index (χ0v) is 27.4. The van der Waals surface area contributed by atoms with Gasteiger partial charge in [0.2, 0.25) is 0 Å². The van der Waals surface area contributed by atoms with Gasteiger partial charge in [0.1, 0.15) is 0 Å². The first kappa shape index (κ1) is 28.4. The second-order valence-corrected chi connectivity index (χ2v) is 12.9. The van der Waals surface area contributed by atoms with E-state index in [1.807, 2.05) is 0 Å². The lowest BCUT2D eigenvalue weighted by atomic mass is 9.99. The molecule has 234 valence electrons. The first-order valence-corrected chi connectivity index (χ1v) is 17.2. The van der Waals surface area contributed by atoms with Crippen molar-refractivity contribution in [3.8, 4) is 44.8 Å². The Bertz CT molecular complexity index is 2840. The van der Waals surface area contributed by atoms with E-state index in [2.05, 4.69) is 203 Å². The molecule has 0 N–H and O–H groups in total. The van der Waals surface area contributed by atoms with Crippen LogP contribution in [0, 0.1) is 0 Å². The van der Waals surface area contributed by atoms with Gasteiger partial charge in [0.05, 0.1) is 22.1 Å². The molecule has 0 saturated carbocycles. The zero-order valence-electron chi connectivity index (χ0n) is 27.4. The van der Waals surface area contributed by atoms with E-state index in [0.29, 0.717) is 0 Å². The molecule has 2 aromatic heterocycles. The highest BCUT2D eigenvalue weighted by atomic mass is 15.0. The molecule has 10 aromatic rings. The Morgan fingerprint density at radius 2 is 0.720 bits per heavy atom. The van der Waals surface area contributed by atoms with Crippen LogP contribution in [0.2, 0.25) is 0 Å². The van der Waals surface area contributed by atoms with E-state index in [0.717, 1.165) is 11.4 Å². The fraction of sp³-hybridized carbons (Fsp3) is 0. The van der Waals surface area contributed by atoms with Crippen molar-refractivity contribution in [3.63, 3.8) is 0 Å². The normalized spacial score (nSPS) is 11.6. The van der Waals surface area contributed by atoms with Crippen LogP contribution in [0.25, 0.3) is 88.4 Å². The van der Waals surface area contributed by atoms with E-state index < -0.39 is 0 Å². The van der Waals surface area contributed by atoms with E-state index >= 15 is 0 Å². The Labute approximate surface area is 290 Å². The minimum Gasteiger partial charge on any atom is -0.309 e. The number of hydrogen-bond donors (Lipinski definition) is 0. The van der Waals surface area contributed by atoms with Crippen molar-refractivity contribution in [2.75, 3.05) is 0 Å². The molecule has 2 heterocycles. The van der Waals surface area contributed by atoms with Gasteiger partial charge in [-0.1, -0.05) is 146 Å². The molecule has 0 aliphatic rings. The Morgan fingerprint density at radius 3 is 1.36 bits per heavy atom. The molecule has 2 heteroatoms. The van der Waals surface area contributed by atoms with Crippen molar-refractivity contribution in [3.05, 3.63) is 194 Å². The Hall–Kier alpha value is -6.64. The molecule has 10 rings (SSSR count). The third kappa shape index (κ3) is 4.43. The van der Waals surface area contributed by atoms with Crippen LogP contribution < -0.4 is 0 Å². The van der Waals surface area contributed by atoms with Crippen molar-refractivity contribution in [2.24, 2.45) is 0 Å². The van der Waals surface area contributed by atoms with Crippen LogP contribution in [0.5, 0.6) is 0 Å². The number of nitrogens with zero attached hydrogens (tertiary/aromatic N) is 2. The molecule has 0 amide bonds. The molecule has 0 aliphatic carbocycles. The molecule has 2 nitrogen and oxygen atoms in total. The highest BCUT2D eigenvalue weighted by Gasteiger charge is 2.20. The van der Waals surface area contributed by atoms with Gasteiger partial charge in [0.15, 0.2) is 0 Å². The van der Waals surface area contributed by atoms with Gasteiger partial charge in [-0.2, -0.15) is 0 Å². The number of para-hydroxylation sites is 1. The number of aromatic nitrogens is 2. The number of hydrogen-bond acceptors (Lipinski definition) is 0. The first-order chi connectivity index (χ1) is 24.8. The summed E-state index contributed by atoms with van der Waals surface area (Å²) < 4.78 is 4.88. The quantitative estimate of drug-likeness (QED) is 0.178. The minimum absolute atomic E-state index is 1.15. The van der Waals surface area contributed by atoms with Gasteiger partial charge < -0.3 is 9.13 Å². The van der Waals surface area contributed by atoms with Crippen LogP contribution in [0.3, 0.4) is 0 Å². The van der Waals surface area contributed by atoms with Gasteiger partial charge >= 0.3 is 0 Å². The lowest BCUT2D eigenvalue weighted by Gasteiger charge is -2.12. The van der Waals surface area contributed by atoms with Gasteiger partial charge in [-0.05, 0) is 81.9 Å². The average Bonchev–Trinajstić information content (AvgIpc) is 3.72. The van der Waals surface area contributed by atoms with Gasteiger partial charge in [0, 0.05) is 32.9 Å². The van der Waals surface area contributed by atoms with Crippen molar-refractivity contribution < 1.29 is 0 Å². The molecular weight excluding hydrogens is 605 g/mol. The summed E-state index contributed by atoms with van der Waals surface area (Å²) in [6.07, 6.45) is 0. The van der Waals surface area contributed by atoms with E-state index in [9.17, 15) is 0 Å². The SMILES string of the molecule is c1ccc(-c2cccc(-n3c4ccc(-n5c6ccccc6c6c(-c7ccccc7)cccc65)cc4c4c(-c5ccccc5)cccc43)c2)cc1. The third-order valence-corrected chi connectivity index (χ3v) is 10.1. The predicted octanol–water partition coefficient (Wildman–Crippen LogP) is 12.9. The summed E-state index contributed by atoms with van der Waals surface area (Å²) in [7, 11) is 0. The van der Waals surface area contributed by atoms with Crippen LogP contribution in [-0.2, 0) is 0 Å². The van der Waals surface area contributed by atoms with Crippen LogP contribution >= 0.6 is 0 Å². The molecule has 8 aromatic carbocycles. The van der Waals surface area contributed by atoms with Gasteiger partial charge in [0.25, 0.3) is 0 Å². The third-order valence-electron chi connectivity index (χ3n) is 10.1. The summed E-state index contributed by atoms with van der Waals surface area (Å²) in [5.41, 5.74) is 14.4. The van der Waals surface area contributed by atoms with Crippen molar-refractivity contribution in [2.45, 2.75) is 0 Å². The second kappa shape index (κ2) is 11.5. The molecule has 0 fully saturated rings. The maximum atomic E-state index is 2.45. The Balaban J connectivity index is 1.28. The Morgan fingerprint density at radius 1 is 0.260 bits per heavy atom. The van der Waals surface area contributed by atoms with Crippen molar-refractivity contribution in [1.29, 1.82) is 0 Å². The molecule has 50 heavy (non-hydrogen) atoms. The number of rotatable bonds is 5. The highest BCUT2D eigenvalue weighted by molar-refractivity contribution is 6.18. The molecule has 0 radical (unpaired) electrons. The summed E-state index contributed by atoms with van der Waals surface area (Å²) in [5, 5.41) is 5.02. The molecule has 0 spiro atoms. The molecule has 0 atom stereocenters.